The summed E-state index contributed by atoms with van der Waals surface area (Å²) < 4.78 is 21.9. The van der Waals surface area contributed by atoms with E-state index in [0.717, 1.165) is 23.3 Å². The number of methoxy groups -OCH3 is 2. The van der Waals surface area contributed by atoms with Gasteiger partial charge >= 0.3 is 0 Å². The van der Waals surface area contributed by atoms with Crippen LogP contribution >= 0.6 is 0 Å². The van der Waals surface area contributed by atoms with Crippen LogP contribution in [0.5, 0.6) is 23.0 Å². The van der Waals surface area contributed by atoms with Gasteiger partial charge in [0, 0.05) is 6.42 Å². The minimum atomic E-state index is -0.0865. The zero-order valence-electron chi connectivity index (χ0n) is 18.6. The molecule has 1 atom stereocenters. The van der Waals surface area contributed by atoms with Crippen molar-refractivity contribution in [2.24, 2.45) is 0 Å². The summed E-state index contributed by atoms with van der Waals surface area (Å²) in [5.41, 5.74) is 2.03. The third-order valence-corrected chi connectivity index (χ3v) is 4.80. The second kappa shape index (κ2) is 12.0. The number of nitrogens with one attached hydrogen (secondary N) is 1. The summed E-state index contributed by atoms with van der Waals surface area (Å²) in [4.78, 5) is 12.6. The fraction of sp³-hybridized carbons (Fsp3) is 0.458. The van der Waals surface area contributed by atoms with Crippen LogP contribution in [-0.2, 0) is 11.2 Å². The van der Waals surface area contributed by atoms with Gasteiger partial charge < -0.3 is 24.3 Å². The van der Waals surface area contributed by atoms with Crippen LogP contribution in [0, 0.1) is 0 Å². The largest absolute Gasteiger partial charge is 0.493 e. The fourth-order valence-corrected chi connectivity index (χ4v) is 3.27. The first kappa shape index (κ1) is 23.4. The van der Waals surface area contributed by atoms with Gasteiger partial charge in [0.1, 0.15) is 0 Å². The lowest BCUT2D eigenvalue weighted by atomic mass is 10.0. The molecular weight excluding hydrogens is 382 g/mol. The van der Waals surface area contributed by atoms with E-state index in [2.05, 4.69) is 5.32 Å². The van der Waals surface area contributed by atoms with E-state index in [4.69, 9.17) is 18.9 Å². The minimum absolute atomic E-state index is 0.00322. The first-order valence-corrected chi connectivity index (χ1v) is 10.5. The summed E-state index contributed by atoms with van der Waals surface area (Å²) in [6.07, 6.45) is 1.79. The number of amides is 1. The zero-order valence-corrected chi connectivity index (χ0v) is 18.6. The van der Waals surface area contributed by atoms with E-state index in [1.165, 1.54) is 0 Å². The quantitative estimate of drug-likeness (QED) is 0.544. The predicted octanol–water partition coefficient (Wildman–Crippen LogP) is 4.70. The van der Waals surface area contributed by atoms with Crippen LogP contribution in [0.3, 0.4) is 0 Å². The number of aryl methyl sites for hydroxylation is 1. The highest BCUT2D eigenvalue weighted by Crippen LogP contribution is 2.31. The second-order valence-electron chi connectivity index (χ2n) is 6.79. The maximum atomic E-state index is 12.6. The van der Waals surface area contributed by atoms with Crippen LogP contribution in [0.2, 0.25) is 0 Å². The van der Waals surface area contributed by atoms with Gasteiger partial charge in [-0.25, -0.2) is 0 Å². The molecule has 6 heteroatoms. The Morgan fingerprint density at radius 1 is 0.867 bits per heavy atom. The molecule has 0 saturated carbocycles. The lowest BCUT2D eigenvalue weighted by Crippen LogP contribution is -2.28. The van der Waals surface area contributed by atoms with Crippen molar-refractivity contribution in [2.75, 3.05) is 27.4 Å². The molecule has 0 unspecified atom stereocenters. The molecular formula is C24H33NO5. The first-order valence-electron chi connectivity index (χ1n) is 10.5. The number of hydrogen-bond donors (Lipinski definition) is 1. The molecule has 2 aromatic rings. The normalized spacial score (nSPS) is 11.5. The number of ether oxygens (including phenoxy) is 4. The van der Waals surface area contributed by atoms with Crippen molar-refractivity contribution in [3.8, 4) is 23.0 Å². The summed E-state index contributed by atoms with van der Waals surface area (Å²) >= 11 is 0. The van der Waals surface area contributed by atoms with Crippen molar-refractivity contribution >= 4 is 5.91 Å². The number of benzene rings is 2. The molecule has 0 spiro atoms. The molecule has 1 N–H and O–H groups in total. The Bertz CT molecular complexity index is 821. The Morgan fingerprint density at radius 3 is 2.17 bits per heavy atom. The molecule has 0 fully saturated rings. The van der Waals surface area contributed by atoms with E-state index >= 15 is 0 Å². The Morgan fingerprint density at radius 2 is 1.53 bits per heavy atom. The third kappa shape index (κ3) is 6.31. The van der Waals surface area contributed by atoms with Crippen molar-refractivity contribution in [3.05, 3.63) is 47.5 Å². The van der Waals surface area contributed by atoms with E-state index in [0.29, 0.717) is 43.3 Å². The molecule has 0 bridgehead atoms. The standard InChI is InChI=1S/C24H33NO5/c1-6-19(18-11-13-20(27-4)22(16-18)28-5)25-24(26)14-10-17-9-12-21(29-7-2)23(15-17)30-8-3/h9,11-13,15-16,19H,6-8,10,14H2,1-5H3,(H,25,26)/t19-/m1/s1. The Balaban J connectivity index is 2.01. The average Bonchev–Trinajstić information content (AvgIpc) is 2.77. The molecule has 0 aliphatic carbocycles. The molecule has 1 amide bonds. The molecule has 2 rings (SSSR count). The SMILES string of the molecule is CCOc1ccc(CCC(=O)N[C@H](CC)c2ccc(OC)c(OC)c2)cc1OCC. The van der Waals surface area contributed by atoms with Crippen molar-refractivity contribution < 1.29 is 23.7 Å². The van der Waals surface area contributed by atoms with Crippen LogP contribution in [-0.4, -0.2) is 33.3 Å². The molecule has 164 valence electrons. The fourth-order valence-electron chi connectivity index (χ4n) is 3.27. The number of carbonyl (C=O) groups is 1. The highest BCUT2D eigenvalue weighted by atomic mass is 16.5. The Labute approximate surface area is 179 Å². The molecule has 0 heterocycles. The highest BCUT2D eigenvalue weighted by Gasteiger charge is 2.16. The molecule has 0 aromatic heterocycles. The summed E-state index contributed by atoms with van der Waals surface area (Å²) in [7, 11) is 3.21. The van der Waals surface area contributed by atoms with Crippen molar-refractivity contribution in [2.45, 2.75) is 46.1 Å². The van der Waals surface area contributed by atoms with Gasteiger partial charge in [-0.05, 0) is 62.1 Å². The topological polar surface area (TPSA) is 66.0 Å². The van der Waals surface area contributed by atoms with Crippen molar-refractivity contribution in [1.82, 2.24) is 5.32 Å². The van der Waals surface area contributed by atoms with Gasteiger partial charge in [0.2, 0.25) is 5.91 Å². The minimum Gasteiger partial charge on any atom is -0.493 e. The third-order valence-electron chi connectivity index (χ3n) is 4.80. The molecule has 0 aliphatic rings. The van der Waals surface area contributed by atoms with Gasteiger partial charge in [-0.3, -0.25) is 4.79 Å². The summed E-state index contributed by atoms with van der Waals surface area (Å²) in [6.45, 7) is 7.07. The van der Waals surface area contributed by atoms with E-state index in [1.807, 2.05) is 57.2 Å². The van der Waals surface area contributed by atoms with Crippen LogP contribution in [0.15, 0.2) is 36.4 Å². The number of hydrogen-bond acceptors (Lipinski definition) is 5. The zero-order chi connectivity index (χ0) is 21.9. The lowest BCUT2D eigenvalue weighted by Gasteiger charge is -2.19. The van der Waals surface area contributed by atoms with Gasteiger partial charge in [-0.15, -0.1) is 0 Å². The Kier molecular flexibility index (Phi) is 9.32. The highest BCUT2D eigenvalue weighted by molar-refractivity contribution is 5.76. The molecule has 2 aromatic carbocycles. The van der Waals surface area contributed by atoms with E-state index in [9.17, 15) is 4.79 Å². The smallest absolute Gasteiger partial charge is 0.220 e. The van der Waals surface area contributed by atoms with Crippen LogP contribution in [0.25, 0.3) is 0 Å². The molecule has 0 saturated heterocycles. The van der Waals surface area contributed by atoms with Crippen molar-refractivity contribution in [1.29, 1.82) is 0 Å². The van der Waals surface area contributed by atoms with Gasteiger partial charge in [0.05, 0.1) is 33.5 Å². The van der Waals surface area contributed by atoms with Gasteiger partial charge in [0.25, 0.3) is 0 Å². The van der Waals surface area contributed by atoms with Crippen molar-refractivity contribution in [3.63, 3.8) is 0 Å². The summed E-state index contributed by atoms with van der Waals surface area (Å²) in [5.74, 6) is 2.77. The molecule has 30 heavy (non-hydrogen) atoms. The van der Waals surface area contributed by atoms with Gasteiger partial charge in [0.15, 0.2) is 23.0 Å². The monoisotopic (exact) mass is 415 g/mol. The predicted molar refractivity (Wildman–Crippen MR) is 118 cm³/mol. The number of carbonyl (C=O) groups excluding carboxylic acids is 1. The number of rotatable bonds is 12. The maximum Gasteiger partial charge on any atom is 0.220 e. The second-order valence-corrected chi connectivity index (χ2v) is 6.79. The van der Waals surface area contributed by atoms with E-state index in [1.54, 1.807) is 14.2 Å². The summed E-state index contributed by atoms with van der Waals surface area (Å²) in [6, 6.07) is 11.5. The Hall–Kier alpha value is -2.89. The average molecular weight is 416 g/mol. The van der Waals surface area contributed by atoms with Crippen LogP contribution in [0.4, 0.5) is 0 Å². The molecule has 6 nitrogen and oxygen atoms in total. The van der Waals surface area contributed by atoms with Crippen LogP contribution < -0.4 is 24.3 Å². The van der Waals surface area contributed by atoms with E-state index in [-0.39, 0.29) is 11.9 Å². The van der Waals surface area contributed by atoms with Crippen LogP contribution in [0.1, 0.15) is 50.8 Å². The van der Waals surface area contributed by atoms with Gasteiger partial charge in [-0.2, -0.15) is 0 Å². The lowest BCUT2D eigenvalue weighted by molar-refractivity contribution is -0.121. The van der Waals surface area contributed by atoms with E-state index < -0.39 is 0 Å². The van der Waals surface area contributed by atoms with Gasteiger partial charge in [-0.1, -0.05) is 19.1 Å². The first-order chi connectivity index (χ1) is 14.6. The summed E-state index contributed by atoms with van der Waals surface area (Å²) in [5, 5.41) is 3.12. The maximum absolute atomic E-state index is 12.6. The molecule has 0 aliphatic heterocycles. The molecule has 0 radical (unpaired) electrons.